The van der Waals surface area contributed by atoms with Crippen molar-refractivity contribution in [3.8, 4) is 11.3 Å². The predicted molar refractivity (Wildman–Crippen MR) is 94.8 cm³/mol. The van der Waals surface area contributed by atoms with Gasteiger partial charge in [-0.05, 0) is 44.5 Å². The topological polar surface area (TPSA) is 92.4 Å². The summed E-state index contributed by atoms with van der Waals surface area (Å²) in [7, 11) is 0. The lowest BCUT2D eigenvalue weighted by molar-refractivity contribution is 0.191. The minimum absolute atomic E-state index is 0.132. The molecule has 0 spiro atoms. The maximum atomic E-state index is 12.9. The van der Waals surface area contributed by atoms with Crippen LogP contribution >= 0.6 is 0 Å². The Bertz CT molecular complexity index is 1010. The van der Waals surface area contributed by atoms with Gasteiger partial charge in [-0.25, -0.2) is 4.79 Å². The number of amides is 1. The van der Waals surface area contributed by atoms with Crippen molar-refractivity contribution < 1.29 is 14.3 Å². The van der Waals surface area contributed by atoms with Gasteiger partial charge in [-0.1, -0.05) is 6.07 Å². The number of hydrogen-bond acceptors (Lipinski definition) is 4. The third kappa shape index (κ3) is 3.10. The average molecular weight is 338 g/mol. The van der Waals surface area contributed by atoms with Gasteiger partial charge < -0.3 is 14.8 Å². The molecular weight excluding hydrogens is 320 g/mol. The number of hydrogen-bond donors (Lipinski definition) is 2. The highest BCUT2D eigenvalue weighted by atomic mass is 16.4. The van der Waals surface area contributed by atoms with Gasteiger partial charge in [0.1, 0.15) is 11.3 Å². The summed E-state index contributed by atoms with van der Waals surface area (Å²) < 4.78 is 6.08. The summed E-state index contributed by atoms with van der Waals surface area (Å²) >= 11 is 0. The number of benzene rings is 1. The highest BCUT2D eigenvalue weighted by Gasteiger charge is 2.19. The second kappa shape index (κ2) is 6.39. The van der Waals surface area contributed by atoms with Crippen molar-refractivity contribution in [1.29, 1.82) is 0 Å². The average Bonchev–Trinajstić information content (AvgIpc) is 2.58. The molecule has 1 aromatic carbocycles. The molecule has 25 heavy (non-hydrogen) atoms. The van der Waals surface area contributed by atoms with Gasteiger partial charge in [-0.2, -0.15) is 0 Å². The number of aromatic nitrogens is 1. The van der Waals surface area contributed by atoms with E-state index >= 15 is 0 Å². The van der Waals surface area contributed by atoms with Crippen LogP contribution in [0.25, 0.3) is 22.3 Å². The normalized spacial score (nSPS) is 12.1. The maximum Gasteiger partial charge on any atom is 0.405 e. The number of fused-ring (bicyclic) bond motifs is 1. The number of nitrogens with zero attached hydrogens (tertiary/aromatic N) is 1. The first-order valence-corrected chi connectivity index (χ1v) is 7.86. The van der Waals surface area contributed by atoms with Crippen LogP contribution in [0.1, 0.15) is 29.7 Å². The number of aryl methyl sites for hydroxylation is 1. The minimum atomic E-state index is -1.14. The summed E-state index contributed by atoms with van der Waals surface area (Å²) in [5.41, 5.74) is 2.94. The summed E-state index contributed by atoms with van der Waals surface area (Å²) in [6.07, 6.45) is 2.14. The van der Waals surface area contributed by atoms with Crippen LogP contribution in [0.4, 0.5) is 4.79 Å². The van der Waals surface area contributed by atoms with Crippen LogP contribution in [0.5, 0.6) is 0 Å². The standard InChI is InChI=1S/C19H18N2O4/c1-10-7-14(12(3)21-19(23)24)18-15(8-10)16(22)11(2)17(25-18)13-5-4-6-20-9-13/h4-9,12,21H,1-3H3,(H,23,24). The van der Waals surface area contributed by atoms with E-state index in [9.17, 15) is 9.59 Å². The van der Waals surface area contributed by atoms with Crippen LogP contribution < -0.4 is 10.7 Å². The number of carbonyl (C=O) groups is 1. The largest absolute Gasteiger partial charge is 0.465 e. The van der Waals surface area contributed by atoms with Gasteiger partial charge in [-0.3, -0.25) is 9.78 Å². The van der Waals surface area contributed by atoms with Crippen molar-refractivity contribution in [2.24, 2.45) is 0 Å². The summed E-state index contributed by atoms with van der Waals surface area (Å²) in [6, 6.07) is 6.65. The summed E-state index contributed by atoms with van der Waals surface area (Å²) in [5, 5.41) is 11.9. The molecule has 0 saturated carbocycles. The molecule has 1 atom stereocenters. The van der Waals surface area contributed by atoms with Crippen LogP contribution in [0.2, 0.25) is 0 Å². The van der Waals surface area contributed by atoms with E-state index in [1.807, 2.05) is 19.1 Å². The van der Waals surface area contributed by atoms with Crippen molar-refractivity contribution in [2.45, 2.75) is 26.8 Å². The van der Waals surface area contributed by atoms with Gasteiger partial charge >= 0.3 is 6.09 Å². The molecule has 3 rings (SSSR count). The first-order chi connectivity index (χ1) is 11.9. The second-order valence-electron chi connectivity index (χ2n) is 6.03. The van der Waals surface area contributed by atoms with Crippen molar-refractivity contribution in [1.82, 2.24) is 10.3 Å². The fourth-order valence-corrected chi connectivity index (χ4v) is 2.92. The van der Waals surface area contributed by atoms with E-state index < -0.39 is 12.1 Å². The summed E-state index contributed by atoms with van der Waals surface area (Å²) in [6.45, 7) is 5.29. The lowest BCUT2D eigenvalue weighted by Gasteiger charge is -2.16. The highest BCUT2D eigenvalue weighted by Crippen LogP contribution is 2.30. The van der Waals surface area contributed by atoms with Crippen LogP contribution in [-0.2, 0) is 0 Å². The Balaban J connectivity index is 2.33. The van der Waals surface area contributed by atoms with E-state index in [2.05, 4.69) is 10.3 Å². The molecule has 0 bridgehead atoms. The molecule has 0 aliphatic rings. The SMILES string of the molecule is Cc1cc(C(C)NC(=O)O)c2oc(-c3cccnc3)c(C)c(=O)c2c1. The van der Waals surface area contributed by atoms with E-state index in [-0.39, 0.29) is 5.43 Å². The lowest BCUT2D eigenvalue weighted by atomic mass is 9.99. The molecule has 6 nitrogen and oxygen atoms in total. The third-order valence-electron chi connectivity index (χ3n) is 4.12. The number of nitrogens with one attached hydrogen (secondary N) is 1. The fraction of sp³-hybridized carbons (Fsp3) is 0.211. The van der Waals surface area contributed by atoms with E-state index in [1.54, 1.807) is 38.4 Å². The monoisotopic (exact) mass is 338 g/mol. The first-order valence-electron chi connectivity index (χ1n) is 7.86. The van der Waals surface area contributed by atoms with Crippen molar-refractivity contribution in [2.75, 3.05) is 0 Å². The lowest BCUT2D eigenvalue weighted by Crippen LogP contribution is -2.25. The summed E-state index contributed by atoms with van der Waals surface area (Å²) in [4.78, 5) is 27.9. The molecule has 0 fully saturated rings. The van der Waals surface area contributed by atoms with Crippen LogP contribution in [0.15, 0.2) is 45.9 Å². The van der Waals surface area contributed by atoms with Crippen LogP contribution in [-0.4, -0.2) is 16.2 Å². The molecule has 3 aromatic rings. The predicted octanol–water partition coefficient (Wildman–Crippen LogP) is 3.80. The molecule has 1 amide bonds. The molecule has 0 aliphatic carbocycles. The molecule has 128 valence electrons. The summed E-state index contributed by atoms with van der Waals surface area (Å²) in [5.74, 6) is 0.443. The molecule has 1 unspecified atom stereocenters. The smallest absolute Gasteiger partial charge is 0.405 e. The van der Waals surface area contributed by atoms with Crippen molar-refractivity contribution >= 4 is 17.1 Å². The van der Waals surface area contributed by atoms with E-state index in [4.69, 9.17) is 9.52 Å². The van der Waals surface area contributed by atoms with Crippen LogP contribution in [0.3, 0.4) is 0 Å². The highest BCUT2D eigenvalue weighted by molar-refractivity contribution is 5.84. The van der Waals surface area contributed by atoms with E-state index in [0.717, 1.165) is 5.56 Å². The van der Waals surface area contributed by atoms with Gasteiger partial charge in [0.05, 0.1) is 11.4 Å². The Hall–Kier alpha value is -3.15. The second-order valence-corrected chi connectivity index (χ2v) is 6.03. The number of pyridine rings is 1. The Morgan fingerprint density at radius 2 is 2.08 bits per heavy atom. The van der Waals surface area contributed by atoms with E-state index in [1.165, 1.54) is 0 Å². The molecule has 2 N–H and O–H groups in total. The molecule has 0 radical (unpaired) electrons. The molecule has 0 aliphatic heterocycles. The molecule has 6 heteroatoms. The minimum Gasteiger partial charge on any atom is -0.465 e. The zero-order chi connectivity index (χ0) is 18.1. The number of rotatable bonds is 3. The fourth-order valence-electron chi connectivity index (χ4n) is 2.92. The Morgan fingerprint density at radius 1 is 1.32 bits per heavy atom. The van der Waals surface area contributed by atoms with Gasteiger partial charge in [0.15, 0.2) is 5.43 Å². The molecule has 2 heterocycles. The molecule has 2 aromatic heterocycles. The quantitative estimate of drug-likeness (QED) is 0.758. The van der Waals surface area contributed by atoms with Crippen LogP contribution in [0, 0.1) is 13.8 Å². The Morgan fingerprint density at radius 3 is 2.72 bits per heavy atom. The Kier molecular flexibility index (Phi) is 4.27. The van der Waals surface area contributed by atoms with Crippen molar-refractivity contribution in [3.63, 3.8) is 0 Å². The van der Waals surface area contributed by atoms with Gasteiger partial charge in [0.25, 0.3) is 0 Å². The zero-order valence-electron chi connectivity index (χ0n) is 14.2. The number of carboxylic acid groups (broad SMARTS) is 1. The third-order valence-corrected chi connectivity index (χ3v) is 4.12. The first kappa shape index (κ1) is 16.7. The zero-order valence-corrected chi connectivity index (χ0v) is 14.2. The maximum absolute atomic E-state index is 12.9. The van der Waals surface area contributed by atoms with Gasteiger partial charge in [0, 0.05) is 29.1 Å². The molecular formula is C19H18N2O4. The van der Waals surface area contributed by atoms with Gasteiger partial charge in [0.2, 0.25) is 0 Å². The van der Waals surface area contributed by atoms with Gasteiger partial charge in [-0.15, -0.1) is 0 Å². The van der Waals surface area contributed by atoms with Crippen molar-refractivity contribution in [3.05, 3.63) is 63.6 Å². The molecule has 0 saturated heterocycles. The Labute approximate surface area is 144 Å². The van der Waals surface area contributed by atoms with E-state index in [0.29, 0.717) is 33.4 Å².